The number of nitrogens with one attached hydrogen (secondary N) is 1. The number of anilines is 2. The maximum Gasteiger partial charge on any atom is 0.246 e. The first kappa shape index (κ1) is 12.4. The van der Waals surface area contributed by atoms with Gasteiger partial charge in [0.25, 0.3) is 0 Å². The molecule has 3 N–H and O–H groups in total. The summed E-state index contributed by atoms with van der Waals surface area (Å²) >= 11 is 5.84. The molecule has 94 valence electrons. The molecule has 1 amide bonds. The summed E-state index contributed by atoms with van der Waals surface area (Å²) in [5.74, 6) is -0.0594. The average molecular weight is 266 g/mol. The molecule has 2 aromatic rings. The van der Waals surface area contributed by atoms with Crippen molar-refractivity contribution in [2.24, 2.45) is 0 Å². The van der Waals surface area contributed by atoms with Gasteiger partial charge in [-0.2, -0.15) is 0 Å². The van der Waals surface area contributed by atoms with E-state index in [1.807, 2.05) is 6.92 Å². The van der Waals surface area contributed by atoms with Crippen molar-refractivity contribution in [2.75, 3.05) is 11.1 Å². The van der Waals surface area contributed by atoms with Gasteiger partial charge < -0.3 is 11.1 Å². The molecule has 0 fully saturated rings. The van der Waals surface area contributed by atoms with Gasteiger partial charge in [-0.25, -0.2) is 9.67 Å². The van der Waals surface area contributed by atoms with Crippen molar-refractivity contribution < 1.29 is 4.79 Å². The molecule has 0 aliphatic heterocycles. The fourth-order valence-corrected chi connectivity index (χ4v) is 1.72. The van der Waals surface area contributed by atoms with Gasteiger partial charge in [-0.3, -0.25) is 4.79 Å². The molecule has 0 aliphatic carbocycles. The van der Waals surface area contributed by atoms with E-state index in [-0.39, 0.29) is 18.4 Å². The summed E-state index contributed by atoms with van der Waals surface area (Å²) in [5.41, 5.74) is 6.98. The van der Waals surface area contributed by atoms with Gasteiger partial charge in [-0.15, -0.1) is 5.10 Å². The number of rotatable bonds is 3. The van der Waals surface area contributed by atoms with E-state index in [0.29, 0.717) is 5.02 Å². The van der Waals surface area contributed by atoms with E-state index >= 15 is 0 Å². The molecule has 1 heterocycles. The SMILES string of the molecule is Cc1cc(Cl)ccc1NC(=O)Cn1cnc(N)n1. The Morgan fingerprint density at radius 1 is 1.56 bits per heavy atom. The molecule has 0 radical (unpaired) electrons. The normalized spacial score (nSPS) is 10.3. The molecule has 0 bridgehead atoms. The molecule has 18 heavy (non-hydrogen) atoms. The lowest BCUT2D eigenvalue weighted by Crippen LogP contribution is -2.19. The molecule has 1 aromatic heterocycles. The molecule has 0 atom stereocenters. The van der Waals surface area contributed by atoms with Crippen molar-refractivity contribution in [1.29, 1.82) is 0 Å². The lowest BCUT2D eigenvalue weighted by Gasteiger charge is -2.08. The molecule has 0 saturated carbocycles. The van der Waals surface area contributed by atoms with Crippen LogP contribution in [0.2, 0.25) is 5.02 Å². The number of nitrogen functional groups attached to an aromatic ring is 1. The van der Waals surface area contributed by atoms with Crippen molar-refractivity contribution in [3.05, 3.63) is 35.1 Å². The number of hydrogen-bond donors (Lipinski definition) is 2. The highest BCUT2D eigenvalue weighted by Crippen LogP contribution is 2.19. The van der Waals surface area contributed by atoms with Crippen LogP contribution in [0.25, 0.3) is 0 Å². The minimum Gasteiger partial charge on any atom is -0.367 e. The van der Waals surface area contributed by atoms with Gasteiger partial charge in [0.1, 0.15) is 12.9 Å². The Bertz CT molecular complexity index is 581. The topological polar surface area (TPSA) is 85.8 Å². The van der Waals surface area contributed by atoms with E-state index in [2.05, 4.69) is 15.4 Å². The maximum absolute atomic E-state index is 11.8. The predicted octanol–water partition coefficient (Wildman–Crippen LogP) is 1.46. The Morgan fingerprint density at radius 3 is 2.94 bits per heavy atom. The Kier molecular flexibility index (Phi) is 3.47. The first-order chi connectivity index (χ1) is 8.54. The third kappa shape index (κ3) is 2.98. The van der Waals surface area contributed by atoms with Crippen molar-refractivity contribution in [2.45, 2.75) is 13.5 Å². The van der Waals surface area contributed by atoms with Gasteiger partial charge in [0.15, 0.2) is 0 Å². The number of benzene rings is 1. The van der Waals surface area contributed by atoms with Gasteiger partial charge >= 0.3 is 0 Å². The summed E-state index contributed by atoms with van der Waals surface area (Å²) < 4.78 is 1.37. The van der Waals surface area contributed by atoms with Crippen molar-refractivity contribution >= 4 is 29.1 Å². The third-order valence-electron chi connectivity index (χ3n) is 2.32. The number of aromatic nitrogens is 3. The number of aryl methyl sites for hydroxylation is 1. The second-order valence-corrected chi connectivity index (χ2v) is 4.24. The second-order valence-electron chi connectivity index (χ2n) is 3.81. The van der Waals surface area contributed by atoms with Crippen molar-refractivity contribution in [3.63, 3.8) is 0 Å². The Hall–Kier alpha value is -2.08. The maximum atomic E-state index is 11.8. The highest BCUT2D eigenvalue weighted by atomic mass is 35.5. The Morgan fingerprint density at radius 2 is 2.33 bits per heavy atom. The summed E-state index contributed by atoms with van der Waals surface area (Å²) in [6.07, 6.45) is 1.41. The lowest BCUT2D eigenvalue weighted by molar-refractivity contribution is -0.116. The quantitative estimate of drug-likeness (QED) is 0.880. The van der Waals surface area contributed by atoms with Crippen LogP contribution in [0.4, 0.5) is 11.6 Å². The number of nitrogens with two attached hydrogens (primary N) is 1. The highest BCUT2D eigenvalue weighted by Gasteiger charge is 2.07. The first-order valence-corrected chi connectivity index (χ1v) is 5.63. The van der Waals surface area contributed by atoms with Crippen LogP contribution in [0.15, 0.2) is 24.5 Å². The van der Waals surface area contributed by atoms with E-state index in [9.17, 15) is 4.79 Å². The van der Waals surface area contributed by atoms with Crippen LogP contribution in [0.1, 0.15) is 5.56 Å². The molecular weight excluding hydrogens is 254 g/mol. The molecule has 2 rings (SSSR count). The molecule has 0 saturated heterocycles. The van der Waals surface area contributed by atoms with Crippen molar-refractivity contribution in [3.8, 4) is 0 Å². The fraction of sp³-hybridized carbons (Fsp3) is 0.182. The van der Waals surface area contributed by atoms with E-state index in [1.54, 1.807) is 18.2 Å². The smallest absolute Gasteiger partial charge is 0.246 e. The molecule has 0 unspecified atom stereocenters. The molecule has 6 nitrogen and oxygen atoms in total. The Labute approximate surface area is 109 Å². The molecule has 1 aromatic carbocycles. The number of amides is 1. The number of carbonyl (C=O) groups is 1. The zero-order valence-electron chi connectivity index (χ0n) is 9.72. The molecule has 0 aliphatic rings. The monoisotopic (exact) mass is 265 g/mol. The summed E-state index contributed by atoms with van der Waals surface area (Å²) in [7, 11) is 0. The van der Waals surface area contributed by atoms with Crippen LogP contribution < -0.4 is 11.1 Å². The molecule has 7 heteroatoms. The van der Waals surface area contributed by atoms with Crippen LogP contribution in [0.5, 0.6) is 0 Å². The molecular formula is C11H12ClN5O. The van der Waals surface area contributed by atoms with Gasteiger partial charge in [0.2, 0.25) is 11.9 Å². The first-order valence-electron chi connectivity index (χ1n) is 5.25. The summed E-state index contributed by atoms with van der Waals surface area (Å²) in [5, 5.41) is 7.23. The number of halogens is 1. The number of carbonyl (C=O) groups excluding carboxylic acids is 1. The number of nitrogens with zero attached hydrogens (tertiary/aromatic N) is 3. The standard InChI is InChI=1S/C11H12ClN5O/c1-7-4-8(12)2-3-9(7)15-10(18)5-17-6-14-11(13)16-17/h2-4,6H,5H2,1H3,(H2,13,16)(H,15,18). The third-order valence-corrected chi connectivity index (χ3v) is 2.56. The summed E-state index contributed by atoms with van der Waals surface area (Å²) in [4.78, 5) is 15.5. The van der Waals surface area contributed by atoms with E-state index < -0.39 is 0 Å². The second kappa shape index (κ2) is 5.05. The lowest BCUT2D eigenvalue weighted by atomic mass is 10.2. The van der Waals surface area contributed by atoms with E-state index in [0.717, 1.165) is 11.3 Å². The largest absolute Gasteiger partial charge is 0.367 e. The highest BCUT2D eigenvalue weighted by molar-refractivity contribution is 6.30. The summed E-state index contributed by atoms with van der Waals surface area (Å²) in [6.45, 7) is 1.93. The fourth-order valence-electron chi connectivity index (χ4n) is 1.49. The summed E-state index contributed by atoms with van der Waals surface area (Å²) in [6, 6.07) is 5.26. The van der Waals surface area contributed by atoms with Gasteiger partial charge in [-0.1, -0.05) is 11.6 Å². The van der Waals surface area contributed by atoms with Crippen LogP contribution in [-0.4, -0.2) is 20.7 Å². The van der Waals surface area contributed by atoms with Crippen LogP contribution >= 0.6 is 11.6 Å². The van der Waals surface area contributed by atoms with Crippen LogP contribution in [-0.2, 0) is 11.3 Å². The molecule has 0 spiro atoms. The number of hydrogen-bond acceptors (Lipinski definition) is 4. The minimum atomic E-state index is -0.203. The van der Waals surface area contributed by atoms with Gasteiger partial charge in [-0.05, 0) is 30.7 Å². The predicted molar refractivity (Wildman–Crippen MR) is 69.3 cm³/mol. The minimum absolute atomic E-state index is 0.0618. The average Bonchev–Trinajstić information content (AvgIpc) is 2.68. The van der Waals surface area contributed by atoms with Crippen LogP contribution in [0.3, 0.4) is 0 Å². The van der Waals surface area contributed by atoms with Crippen LogP contribution in [0, 0.1) is 6.92 Å². The van der Waals surface area contributed by atoms with Crippen molar-refractivity contribution in [1.82, 2.24) is 14.8 Å². The van der Waals surface area contributed by atoms with Gasteiger partial charge in [0.05, 0.1) is 0 Å². The Balaban J connectivity index is 2.03. The zero-order valence-corrected chi connectivity index (χ0v) is 10.5. The van der Waals surface area contributed by atoms with E-state index in [4.69, 9.17) is 17.3 Å². The van der Waals surface area contributed by atoms with Gasteiger partial charge in [0, 0.05) is 10.7 Å². The van der Waals surface area contributed by atoms with E-state index in [1.165, 1.54) is 11.0 Å². The zero-order chi connectivity index (χ0) is 13.1.